The molecule has 1 aliphatic rings. The Morgan fingerprint density at radius 1 is 1.04 bits per heavy atom. The van der Waals surface area contributed by atoms with E-state index in [0.717, 1.165) is 31.2 Å². The highest BCUT2D eigenvalue weighted by atomic mass is 16.5. The Labute approximate surface area is 159 Å². The van der Waals surface area contributed by atoms with Crippen LogP contribution in [0.25, 0.3) is 0 Å². The van der Waals surface area contributed by atoms with Crippen molar-refractivity contribution in [3.63, 3.8) is 0 Å². The summed E-state index contributed by atoms with van der Waals surface area (Å²) in [7, 11) is 3.55. The molecule has 0 radical (unpaired) electrons. The smallest absolute Gasteiger partial charge is 0.190 e. The summed E-state index contributed by atoms with van der Waals surface area (Å²) in [4.78, 5) is 6.93. The second kappa shape index (κ2) is 12.6. The minimum Gasteiger partial charge on any atom is -0.496 e. The highest BCUT2D eigenvalue weighted by Gasteiger charge is 2.08. The van der Waals surface area contributed by atoms with E-state index in [1.807, 2.05) is 19.2 Å². The van der Waals surface area contributed by atoms with Crippen molar-refractivity contribution in [3.05, 3.63) is 29.8 Å². The highest BCUT2D eigenvalue weighted by Crippen LogP contribution is 2.17. The Kier molecular flexibility index (Phi) is 9.95. The number of aliphatic imine (C=N–C) groups is 1. The van der Waals surface area contributed by atoms with E-state index < -0.39 is 0 Å². The SMILES string of the molecule is CN=C(NCCCCCN1CCCCC1)NCCc1ccccc1OC. The number of hydrogen-bond donors (Lipinski definition) is 2. The molecule has 0 unspecified atom stereocenters. The Bertz CT molecular complexity index is 526. The lowest BCUT2D eigenvalue weighted by atomic mass is 10.1. The van der Waals surface area contributed by atoms with E-state index in [9.17, 15) is 0 Å². The van der Waals surface area contributed by atoms with Gasteiger partial charge in [-0.1, -0.05) is 31.0 Å². The lowest BCUT2D eigenvalue weighted by Gasteiger charge is -2.26. The summed E-state index contributed by atoms with van der Waals surface area (Å²) in [5.74, 6) is 1.84. The Hall–Kier alpha value is -1.75. The van der Waals surface area contributed by atoms with Gasteiger partial charge in [0.15, 0.2) is 5.96 Å². The van der Waals surface area contributed by atoms with Gasteiger partial charge in [-0.05, 0) is 63.4 Å². The van der Waals surface area contributed by atoms with Crippen molar-refractivity contribution >= 4 is 5.96 Å². The van der Waals surface area contributed by atoms with Gasteiger partial charge in [0, 0.05) is 20.1 Å². The molecule has 2 N–H and O–H groups in total. The minimum absolute atomic E-state index is 0.842. The molecule has 26 heavy (non-hydrogen) atoms. The Morgan fingerprint density at radius 2 is 1.81 bits per heavy atom. The summed E-state index contributed by atoms with van der Waals surface area (Å²) >= 11 is 0. The first-order valence-electron chi connectivity index (χ1n) is 10.1. The zero-order chi connectivity index (χ0) is 18.5. The topological polar surface area (TPSA) is 48.9 Å². The number of para-hydroxylation sites is 1. The van der Waals surface area contributed by atoms with E-state index in [0.29, 0.717) is 0 Å². The largest absolute Gasteiger partial charge is 0.496 e. The van der Waals surface area contributed by atoms with Crippen molar-refractivity contribution in [2.45, 2.75) is 44.9 Å². The summed E-state index contributed by atoms with van der Waals surface area (Å²) in [6.07, 6.45) is 8.89. The van der Waals surface area contributed by atoms with Crippen LogP contribution in [0.5, 0.6) is 5.75 Å². The van der Waals surface area contributed by atoms with Gasteiger partial charge in [-0.3, -0.25) is 4.99 Å². The quantitative estimate of drug-likeness (QED) is 0.382. The molecule has 1 aliphatic heterocycles. The monoisotopic (exact) mass is 360 g/mol. The van der Waals surface area contributed by atoms with Crippen LogP contribution in [0.2, 0.25) is 0 Å². The van der Waals surface area contributed by atoms with Crippen molar-refractivity contribution in [3.8, 4) is 5.75 Å². The third-order valence-corrected chi connectivity index (χ3v) is 5.00. The molecule has 1 saturated heterocycles. The van der Waals surface area contributed by atoms with E-state index in [-0.39, 0.29) is 0 Å². The van der Waals surface area contributed by atoms with Gasteiger partial charge < -0.3 is 20.3 Å². The number of nitrogens with one attached hydrogen (secondary N) is 2. The summed E-state index contributed by atoms with van der Waals surface area (Å²) in [5, 5.41) is 6.80. The molecule has 5 nitrogen and oxygen atoms in total. The van der Waals surface area contributed by atoms with Crippen LogP contribution in [-0.4, -0.2) is 57.7 Å². The maximum atomic E-state index is 5.40. The third kappa shape index (κ3) is 7.65. The molecule has 0 aromatic heterocycles. The van der Waals surface area contributed by atoms with E-state index in [2.05, 4.69) is 32.7 Å². The standard InChI is InChI=1S/C21H36N4O/c1-22-21(24-15-13-19-11-5-6-12-20(19)26-2)23-14-7-3-8-16-25-17-9-4-10-18-25/h5-6,11-12H,3-4,7-10,13-18H2,1-2H3,(H2,22,23,24). The first kappa shape index (κ1) is 20.6. The molecule has 1 aromatic rings. The number of likely N-dealkylation sites (tertiary alicyclic amines) is 1. The van der Waals surface area contributed by atoms with Crippen molar-refractivity contribution in [1.29, 1.82) is 0 Å². The molecule has 2 rings (SSSR count). The highest BCUT2D eigenvalue weighted by molar-refractivity contribution is 5.79. The molecule has 1 fully saturated rings. The summed E-state index contributed by atoms with van der Waals surface area (Å²) in [6.45, 7) is 5.71. The summed E-state index contributed by atoms with van der Waals surface area (Å²) < 4.78 is 5.40. The fourth-order valence-corrected chi connectivity index (χ4v) is 3.47. The predicted molar refractivity (Wildman–Crippen MR) is 110 cm³/mol. The van der Waals surface area contributed by atoms with E-state index in [4.69, 9.17) is 4.74 Å². The Morgan fingerprint density at radius 3 is 2.58 bits per heavy atom. The zero-order valence-electron chi connectivity index (χ0n) is 16.6. The number of nitrogens with zero attached hydrogens (tertiary/aromatic N) is 2. The summed E-state index contributed by atoms with van der Waals surface area (Å²) in [5.41, 5.74) is 1.22. The van der Waals surface area contributed by atoms with E-state index >= 15 is 0 Å². The van der Waals surface area contributed by atoms with Crippen molar-refractivity contribution in [2.24, 2.45) is 4.99 Å². The molecule has 0 aliphatic carbocycles. The zero-order valence-corrected chi connectivity index (χ0v) is 16.6. The van der Waals surface area contributed by atoms with Crippen LogP contribution in [0.15, 0.2) is 29.3 Å². The van der Waals surface area contributed by atoms with Crippen LogP contribution in [0.3, 0.4) is 0 Å². The van der Waals surface area contributed by atoms with Gasteiger partial charge in [0.1, 0.15) is 5.75 Å². The van der Waals surface area contributed by atoms with Crippen LogP contribution >= 0.6 is 0 Å². The first-order valence-corrected chi connectivity index (χ1v) is 10.1. The first-order chi connectivity index (χ1) is 12.8. The molecule has 0 spiro atoms. The number of guanidine groups is 1. The second-order valence-electron chi connectivity index (χ2n) is 6.95. The van der Waals surface area contributed by atoms with Crippen molar-refractivity contribution < 1.29 is 4.74 Å². The number of ether oxygens (including phenoxy) is 1. The molecule has 1 heterocycles. The molecule has 0 atom stereocenters. The van der Waals surface area contributed by atoms with Gasteiger partial charge in [0.05, 0.1) is 7.11 Å². The molecule has 0 saturated carbocycles. The Balaban J connectivity index is 1.53. The van der Waals surface area contributed by atoms with Gasteiger partial charge >= 0.3 is 0 Å². The summed E-state index contributed by atoms with van der Waals surface area (Å²) in [6, 6.07) is 8.17. The van der Waals surface area contributed by atoms with Crippen LogP contribution < -0.4 is 15.4 Å². The molecular weight excluding hydrogens is 324 g/mol. The van der Waals surface area contributed by atoms with Crippen LogP contribution in [0.4, 0.5) is 0 Å². The van der Waals surface area contributed by atoms with Crippen molar-refractivity contribution in [1.82, 2.24) is 15.5 Å². The average molecular weight is 361 g/mol. The van der Waals surface area contributed by atoms with Crippen LogP contribution in [0.1, 0.15) is 44.1 Å². The van der Waals surface area contributed by atoms with Gasteiger partial charge in [0.2, 0.25) is 0 Å². The number of piperidine rings is 1. The van der Waals surface area contributed by atoms with Gasteiger partial charge in [-0.25, -0.2) is 0 Å². The van der Waals surface area contributed by atoms with Crippen LogP contribution in [-0.2, 0) is 6.42 Å². The molecule has 0 amide bonds. The second-order valence-corrected chi connectivity index (χ2v) is 6.95. The molecule has 146 valence electrons. The number of benzene rings is 1. The molecule has 5 heteroatoms. The fraction of sp³-hybridized carbons (Fsp3) is 0.667. The number of hydrogen-bond acceptors (Lipinski definition) is 3. The predicted octanol–water partition coefficient (Wildman–Crippen LogP) is 3.06. The van der Waals surface area contributed by atoms with Crippen molar-refractivity contribution in [2.75, 3.05) is 46.9 Å². The maximum absolute atomic E-state index is 5.40. The number of unbranched alkanes of at least 4 members (excludes halogenated alkanes) is 2. The third-order valence-electron chi connectivity index (χ3n) is 5.00. The number of methoxy groups -OCH3 is 1. The fourth-order valence-electron chi connectivity index (χ4n) is 3.47. The molecular formula is C21H36N4O. The van der Waals surface area contributed by atoms with Gasteiger partial charge in [-0.15, -0.1) is 0 Å². The minimum atomic E-state index is 0.842. The van der Waals surface area contributed by atoms with Gasteiger partial charge in [-0.2, -0.15) is 0 Å². The number of rotatable bonds is 10. The molecule has 1 aromatic carbocycles. The van der Waals surface area contributed by atoms with E-state index in [1.54, 1.807) is 7.11 Å². The lowest BCUT2D eigenvalue weighted by molar-refractivity contribution is 0.224. The normalized spacial score (nSPS) is 15.7. The molecule has 0 bridgehead atoms. The van der Waals surface area contributed by atoms with E-state index in [1.165, 1.54) is 63.7 Å². The average Bonchev–Trinajstić information content (AvgIpc) is 2.70. The van der Waals surface area contributed by atoms with Crippen LogP contribution in [0, 0.1) is 0 Å². The van der Waals surface area contributed by atoms with Gasteiger partial charge in [0.25, 0.3) is 0 Å². The maximum Gasteiger partial charge on any atom is 0.190 e. The lowest BCUT2D eigenvalue weighted by Crippen LogP contribution is -2.38.